The summed E-state index contributed by atoms with van der Waals surface area (Å²) in [5, 5.41) is 7.05. The summed E-state index contributed by atoms with van der Waals surface area (Å²) in [6.45, 7) is 4.85. The molecule has 2 rings (SSSR count). The smallest absolute Gasteiger partial charge is 0.224 e. The van der Waals surface area contributed by atoms with Crippen LogP contribution in [0.25, 0.3) is 0 Å². The minimum Gasteiger partial charge on any atom is -0.355 e. The molecule has 0 spiro atoms. The molecular weight excluding hydrogens is 220 g/mol. The van der Waals surface area contributed by atoms with Crippen LogP contribution in [-0.2, 0) is 4.79 Å². The molecule has 2 fully saturated rings. The highest BCUT2D eigenvalue weighted by Gasteiger charge is 2.29. The van der Waals surface area contributed by atoms with Crippen molar-refractivity contribution in [1.29, 1.82) is 0 Å². The van der Waals surface area contributed by atoms with Crippen LogP contribution < -0.4 is 10.6 Å². The lowest BCUT2D eigenvalue weighted by atomic mass is 9.97. The highest BCUT2D eigenvalue weighted by molar-refractivity contribution is 7.99. The van der Waals surface area contributed by atoms with E-state index < -0.39 is 0 Å². The van der Waals surface area contributed by atoms with Crippen LogP contribution in [0.3, 0.4) is 0 Å². The Hall–Kier alpha value is -0.220. The van der Waals surface area contributed by atoms with Crippen molar-refractivity contribution < 1.29 is 4.79 Å². The fourth-order valence-corrected chi connectivity index (χ4v) is 3.71. The Morgan fingerprint density at radius 2 is 2.31 bits per heavy atom. The van der Waals surface area contributed by atoms with Gasteiger partial charge in [-0.15, -0.1) is 0 Å². The summed E-state index contributed by atoms with van der Waals surface area (Å²) in [7, 11) is 0. The Balaban J connectivity index is 1.70. The van der Waals surface area contributed by atoms with Crippen molar-refractivity contribution in [2.24, 2.45) is 11.8 Å². The normalized spacial score (nSPS) is 34.9. The molecule has 3 atom stereocenters. The first-order valence-electron chi connectivity index (χ1n) is 6.37. The lowest BCUT2D eigenvalue weighted by Gasteiger charge is -2.22. The number of amides is 1. The van der Waals surface area contributed by atoms with E-state index >= 15 is 0 Å². The van der Waals surface area contributed by atoms with Gasteiger partial charge in [-0.1, -0.05) is 13.3 Å². The second-order valence-electron chi connectivity index (χ2n) is 4.98. The van der Waals surface area contributed by atoms with E-state index in [9.17, 15) is 4.79 Å². The summed E-state index contributed by atoms with van der Waals surface area (Å²) < 4.78 is 0. The molecule has 3 unspecified atom stereocenters. The van der Waals surface area contributed by atoms with E-state index in [2.05, 4.69) is 17.6 Å². The average molecular weight is 242 g/mol. The van der Waals surface area contributed by atoms with Crippen molar-refractivity contribution in [2.45, 2.75) is 31.4 Å². The maximum atomic E-state index is 11.9. The summed E-state index contributed by atoms with van der Waals surface area (Å²) in [6.07, 6.45) is 3.94. The number of hydrogen-bond donors (Lipinski definition) is 2. The first-order valence-corrected chi connectivity index (χ1v) is 7.42. The van der Waals surface area contributed by atoms with Crippen molar-refractivity contribution in [3.8, 4) is 0 Å². The minimum absolute atomic E-state index is 0.189. The molecule has 4 heteroatoms. The highest BCUT2D eigenvalue weighted by Crippen LogP contribution is 2.24. The predicted molar refractivity (Wildman–Crippen MR) is 68.6 cm³/mol. The largest absolute Gasteiger partial charge is 0.355 e. The van der Waals surface area contributed by atoms with E-state index in [0.29, 0.717) is 11.2 Å². The highest BCUT2D eigenvalue weighted by atomic mass is 32.2. The summed E-state index contributed by atoms with van der Waals surface area (Å²) in [4.78, 5) is 11.9. The lowest BCUT2D eigenvalue weighted by Crippen LogP contribution is -2.38. The van der Waals surface area contributed by atoms with Crippen LogP contribution in [0.5, 0.6) is 0 Å². The van der Waals surface area contributed by atoms with Gasteiger partial charge in [-0.2, -0.15) is 11.8 Å². The van der Waals surface area contributed by atoms with Gasteiger partial charge in [-0.25, -0.2) is 0 Å². The van der Waals surface area contributed by atoms with Crippen molar-refractivity contribution in [3.05, 3.63) is 0 Å². The van der Waals surface area contributed by atoms with Gasteiger partial charge >= 0.3 is 0 Å². The van der Waals surface area contributed by atoms with Gasteiger partial charge in [0.2, 0.25) is 5.91 Å². The van der Waals surface area contributed by atoms with Gasteiger partial charge in [0.15, 0.2) is 0 Å². The number of carbonyl (C=O) groups excluding carboxylic acids is 1. The van der Waals surface area contributed by atoms with E-state index in [1.807, 2.05) is 11.8 Å². The molecule has 3 nitrogen and oxygen atoms in total. The molecule has 0 saturated carbocycles. The van der Waals surface area contributed by atoms with Gasteiger partial charge < -0.3 is 10.6 Å². The fourth-order valence-electron chi connectivity index (χ4n) is 2.47. The molecular formula is C12H22N2OS. The second kappa shape index (κ2) is 5.92. The van der Waals surface area contributed by atoms with E-state index in [-0.39, 0.29) is 11.8 Å². The second-order valence-corrected chi connectivity index (χ2v) is 6.38. The van der Waals surface area contributed by atoms with Gasteiger partial charge in [0.1, 0.15) is 0 Å². The number of thioether (sulfide) groups is 1. The van der Waals surface area contributed by atoms with Crippen LogP contribution in [0.1, 0.15) is 26.2 Å². The summed E-state index contributed by atoms with van der Waals surface area (Å²) >= 11 is 2.02. The molecule has 0 aliphatic carbocycles. The SMILES string of the molecule is CC1CNCC1C(=O)NCC1CCCCS1. The van der Waals surface area contributed by atoms with E-state index in [4.69, 9.17) is 0 Å². The quantitative estimate of drug-likeness (QED) is 0.782. The number of nitrogens with one attached hydrogen (secondary N) is 2. The molecule has 0 aromatic heterocycles. The van der Waals surface area contributed by atoms with E-state index in [0.717, 1.165) is 19.6 Å². The standard InChI is InChI=1S/C12H22N2OS/c1-9-6-13-8-11(9)12(15)14-7-10-4-2-3-5-16-10/h9-11,13H,2-8H2,1H3,(H,14,15). The Morgan fingerprint density at radius 3 is 2.94 bits per heavy atom. The number of rotatable bonds is 3. The average Bonchev–Trinajstić information content (AvgIpc) is 2.74. The van der Waals surface area contributed by atoms with Crippen LogP contribution in [-0.4, -0.2) is 36.5 Å². The first kappa shape index (κ1) is 12.2. The zero-order valence-electron chi connectivity index (χ0n) is 10.00. The Morgan fingerprint density at radius 1 is 1.44 bits per heavy atom. The summed E-state index contributed by atoms with van der Waals surface area (Å²) in [6, 6.07) is 0. The fraction of sp³-hybridized carbons (Fsp3) is 0.917. The topological polar surface area (TPSA) is 41.1 Å². The molecule has 2 heterocycles. The van der Waals surface area contributed by atoms with Crippen LogP contribution in [0.15, 0.2) is 0 Å². The van der Waals surface area contributed by atoms with Crippen LogP contribution >= 0.6 is 11.8 Å². The monoisotopic (exact) mass is 242 g/mol. The van der Waals surface area contributed by atoms with Crippen molar-refractivity contribution in [2.75, 3.05) is 25.4 Å². The molecule has 1 amide bonds. The Kier molecular flexibility index (Phi) is 4.53. The lowest BCUT2D eigenvalue weighted by molar-refractivity contribution is -0.125. The number of hydrogen-bond acceptors (Lipinski definition) is 3. The zero-order chi connectivity index (χ0) is 11.4. The van der Waals surface area contributed by atoms with Gasteiger partial charge in [-0.3, -0.25) is 4.79 Å². The molecule has 92 valence electrons. The zero-order valence-corrected chi connectivity index (χ0v) is 10.8. The van der Waals surface area contributed by atoms with Crippen LogP contribution in [0.4, 0.5) is 0 Å². The molecule has 0 radical (unpaired) electrons. The van der Waals surface area contributed by atoms with Gasteiger partial charge in [0.25, 0.3) is 0 Å². The van der Waals surface area contributed by atoms with Crippen LogP contribution in [0.2, 0.25) is 0 Å². The van der Waals surface area contributed by atoms with Gasteiger partial charge in [0, 0.05) is 18.3 Å². The van der Waals surface area contributed by atoms with Crippen LogP contribution in [0, 0.1) is 11.8 Å². The third-order valence-electron chi connectivity index (χ3n) is 3.63. The van der Waals surface area contributed by atoms with E-state index in [1.54, 1.807) is 0 Å². The molecule has 0 aromatic carbocycles. The third kappa shape index (κ3) is 3.14. The van der Waals surface area contributed by atoms with Gasteiger partial charge in [-0.05, 0) is 31.1 Å². The number of carbonyl (C=O) groups is 1. The van der Waals surface area contributed by atoms with Crippen molar-refractivity contribution >= 4 is 17.7 Å². The summed E-state index contributed by atoms with van der Waals surface area (Å²) in [5.74, 6) is 2.19. The third-order valence-corrected chi connectivity index (χ3v) is 5.03. The molecule has 2 aliphatic heterocycles. The molecule has 0 aromatic rings. The predicted octanol–water partition coefficient (Wildman–Crippen LogP) is 1.24. The van der Waals surface area contributed by atoms with Gasteiger partial charge in [0.05, 0.1) is 5.92 Å². The Bertz CT molecular complexity index is 241. The Labute approximate surface area is 102 Å². The van der Waals surface area contributed by atoms with Crippen molar-refractivity contribution in [3.63, 3.8) is 0 Å². The molecule has 2 saturated heterocycles. The maximum absolute atomic E-state index is 11.9. The molecule has 2 aliphatic rings. The van der Waals surface area contributed by atoms with E-state index in [1.165, 1.54) is 25.0 Å². The minimum atomic E-state index is 0.189. The van der Waals surface area contributed by atoms with Crippen molar-refractivity contribution in [1.82, 2.24) is 10.6 Å². The molecule has 2 N–H and O–H groups in total. The summed E-state index contributed by atoms with van der Waals surface area (Å²) in [5.41, 5.74) is 0. The maximum Gasteiger partial charge on any atom is 0.224 e. The molecule has 0 bridgehead atoms. The first-order chi connectivity index (χ1) is 7.77. The molecule has 16 heavy (non-hydrogen) atoms.